The maximum absolute atomic E-state index is 12.4. The maximum Gasteiger partial charge on any atom is 0.421 e. The van der Waals surface area contributed by atoms with Crippen LogP contribution in [0.2, 0.25) is 0 Å². The fourth-order valence-electron chi connectivity index (χ4n) is 2.71. The largest absolute Gasteiger partial charge is 0.428 e. The van der Waals surface area contributed by atoms with Gasteiger partial charge in [0.25, 0.3) is 0 Å². The van der Waals surface area contributed by atoms with E-state index in [1.165, 1.54) is 11.5 Å². The molecule has 7 heteroatoms. The number of hydrogen-bond donors (Lipinski definition) is 0. The molecule has 7 nitrogen and oxygen atoms in total. The second kappa shape index (κ2) is 9.87. The molecule has 0 atom stereocenters. The van der Waals surface area contributed by atoms with Crippen LogP contribution in [0.5, 0.6) is 0 Å². The fraction of sp³-hybridized carbons (Fsp3) is 0.450. The number of benzene rings is 1. The molecular formula is C20H26N2O5. The number of esters is 1. The van der Waals surface area contributed by atoms with Crippen LogP contribution in [0, 0.1) is 0 Å². The molecule has 146 valence electrons. The summed E-state index contributed by atoms with van der Waals surface area (Å²) in [5.74, 6) is -0.466. The highest BCUT2D eigenvalue weighted by molar-refractivity contribution is 5.92. The van der Waals surface area contributed by atoms with Crippen LogP contribution in [0.4, 0.5) is 4.79 Å². The van der Waals surface area contributed by atoms with Crippen molar-refractivity contribution in [3.05, 3.63) is 36.0 Å². The first-order valence-electron chi connectivity index (χ1n) is 8.94. The average molecular weight is 374 g/mol. The van der Waals surface area contributed by atoms with Crippen molar-refractivity contribution in [2.75, 3.05) is 27.4 Å². The van der Waals surface area contributed by atoms with Crippen LogP contribution < -0.4 is 0 Å². The predicted molar refractivity (Wildman–Crippen MR) is 102 cm³/mol. The molecular weight excluding hydrogens is 348 g/mol. The SMILES string of the molecule is CC(=O)CCCC(=O)OCOC(=O)n1cc(CCN(C)C)c2ccccc21. The van der Waals surface area contributed by atoms with Crippen molar-refractivity contribution >= 4 is 28.7 Å². The topological polar surface area (TPSA) is 77.8 Å². The Labute approximate surface area is 158 Å². The molecule has 0 N–H and O–H groups in total. The summed E-state index contributed by atoms with van der Waals surface area (Å²) >= 11 is 0. The average Bonchev–Trinajstić information content (AvgIpc) is 2.98. The molecule has 2 rings (SSSR count). The molecule has 27 heavy (non-hydrogen) atoms. The minimum Gasteiger partial charge on any atom is -0.428 e. The lowest BCUT2D eigenvalue weighted by molar-refractivity contribution is -0.151. The maximum atomic E-state index is 12.4. The molecule has 0 saturated carbocycles. The third kappa shape index (κ3) is 6.21. The molecule has 0 unspecified atom stereocenters. The number of likely N-dealkylation sites (N-methyl/N-ethyl adjacent to an activating group) is 1. The van der Waals surface area contributed by atoms with Gasteiger partial charge >= 0.3 is 12.1 Å². The quantitative estimate of drug-likeness (QED) is 0.496. The Kier molecular flexibility index (Phi) is 7.55. The van der Waals surface area contributed by atoms with Crippen molar-refractivity contribution in [3.63, 3.8) is 0 Å². The summed E-state index contributed by atoms with van der Waals surface area (Å²) in [7, 11) is 4.00. The van der Waals surface area contributed by atoms with Crippen LogP contribution in [0.15, 0.2) is 30.5 Å². The highest BCUT2D eigenvalue weighted by Crippen LogP contribution is 2.22. The summed E-state index contributed by atoms with van der Waals surface area (Å²) in [5.41, 5.74) is 1.81. The van der Waals surface area contributed by atoms with E-state index in [1.54, 1.807) is 6.20 Å². The van der Waals surface area contributed by atoms with E-state index in [9.17, 15) is 14.4 Å². The Morgan fingerprint density at radius 3 is 2.52 bits per heavy atom. The van der Waals surface area contributed by atoms with Gasteiger partial charge < -0.3 is 19.2 Å². The van der Waals surface area contributed by atoms with Crippen LogP contribution in [0.1, 0.15) is 31.7 Å². The minimum absolute atomic E-state index is 0.0267. The molecule has 0 saturated heterocycles. The lowest BCUT2D eigenvalue weighted by Crippen LogP contribution is -2.17. The molecule has 2 aromatic rings. The number of ketones is 1. The highest BCUT2D eigenvalue weighted by atomic mass is 16.7. The summed E-state index contributed by atoms with van der Waals surface area (Å²) in [4.78, 5) is 36.9. The summed E-state index contributed by atoms with van der Waals surface area (Å²) < 4.78 is 11.4. The lowest BCUT2D eigenvalue weighted by Gasteiger charge is -2.08. The van der Waals surface area contributed by atoms with Gasteiger partial charge in [0.05, 0.1) is 5.52 Å². The van der Waals surface area contributed by atoms with E-state index in [4.69, 9.17) is 9.47 Å². The highest BCUT2D eigenvalue weighted by Gasteiger charge is 2.15. The van der Waals surface area contributed by atoms with E-state index in [-0.39, 0.29) is 12.2 Å². The molecule has 0 bridgehead atoms. The standard InChI is InChI=1S/C20H26N2O5/c1-15(23)7-6-10-19(24)26-14-27-20(25)22-13-16(11-12-21(2)3)17-8-4-5-9-18(17)22/h4-5,8-9,13H,6-7,10-12,14H2,1-3H3. The van der Waals surface area contributed by atoms with Crippen molar-refractivity contribution in [2.24, 2.45) is 0 Å². The van der Waals surface area contributed by atoms with Crippen LogP contribution in [-0.4, -0.2) is 54.7 Å². The molecule has 1 aromatic carbocycles. The van der Waals surface area contributed by atoms with Gasteiger partial charge in [0.1, 0.15) is 5.78 Å². The first-order chi connectivity index (χ1) is 12.9. The van der Waals surface area contributed by atoms with Gasteiger partial charge in [-0.2, -0.15) is 0 Å². The number of fused-ring (bicyclic) bond motifs is 1. The summed E-state index contributed by atoms with van der Waals surface area (Å²) in [6.45, 7) is 1.89. The van der Waals surface area contributed by atoms with Crippen molar-refractivity contribution in [2.45, 2.75) is 32.6 Å². The zero-order chi connectivity index (χ0) is 19.8. The molecule has 0 aliphatic carbocycles. The van der Waals surface area contributed by atoms with Gasteiger partial charge in [-0.05, 0) is 45.5 Å². The zero-order valence-corrected chi connectivity index (χ0v) is 16.1. The third-order valence-corrected chi connectivity index (χ3v) is 4.13. The van der Waals surface area contributed by atoms with Gasteiger partial charge in [0, 0.05) is 31.0 Å². The van der Waals surface area contributed by atoms with Gasteiger partial charge in [-0.3, -0.25) is 9.36 Å². The van der Waals surface area contributed by atoms with Crippen LogP contribution in [-0.2, 0) is 25.5 Å². The summed E-state index contributed by atoms with van der Waals surface area (Å²) in [5, 5.41) is 0.998. The van der Waals surface area contributed by atoms with E-state index in [2.05, 4.69) is 4.90 Å². The normalized spacial score (nSPS) is 11.0. The Morgan fingerprint density at radius 1 is 1.07 bits per heavy atom. The first kappa shape index (κ1) is 20.6. The molecule has 0 aliphatic rings. The number of rotatable bonds is 9. The Morgan fingerprint density at radius 2 is 1.81 bits per heavy atom. The van der Waals surface area contributed by atoms with E-state index < -0.39 is 18.9 Å². The Bertz CT molecular complexity index is 810. The number of ether oxygens (including phenoxy) is 2. The molecule has 0 aliphatic heterocycles. The van der Waals surface area contributed by atoms with Crippen molar-refractivity contribution in [3.8, 4) is 0 Å². The van der Waals surface area contributed by atoms with Gasteiger partial charge in [0.2, 0.25) is 6.79 Å². The molecule has 0 radical (unpaired) electrons. The number of carbonyl (C=O) groups is 3. The molecule has 1 heterocycles. The van der Waals surface area contributed by atoms with Gasteiger partial charge in [0.15, 0.2) is 0 Å². The van der Waals surface area contributed by atoms with Gasteiger partial charge in [-0.15, -0.1) is 0 Å². The fourth-order valence-corrected chi connectivity index (χ4v) is 2.71. The van der Waals surface area contributed by atoms with Crippen molar-refractivity contribution in [1.29, 1.82) is 0 Å². The molecule has 0 amide bonds. The number of carbonyl (C=O) groups excluding carboxylic acids is 3. The molecule has 0 spiro atoms. The lowest BCUT2D eigenvalue weighted by atomic mass is 10.1. The van der Waals surface area contributed by atoms with Crippen molar-refractivity contribution < 1.29 is 23.9 Å². The van der Waals surface area contributed by atoms with Crippen LogP contribution >= 0.6 is 0 Å². The number of para-hydroxylation sites is 1. The molecule has 1 aromatic heterocycles. The number of hydrogen-bond acceptors (Lipinski definition) is 6. The molecule has 0 fully saturated rings. The minimum atomic E-state index is -0.598. The number of Topliss-reactive ketones (excluding diaryl/α,β-unsaturated/α-hetero) is 1. The van der Waals surface area contributed by atoms with E-state index >= 15 is 0 Å². The second-order valence-electron chi connectivity index (χ2n) is 6.69. The van der Waals surface area contributed by atoms with E-state index in [1.807, 2.05) is 38.4 Å². The van der Waals surface area contributed by atoms with E-state index in [0.717, 1.165) is 29.4 Å². The monoisotopic (exact) mass is 374 g/mol. The number of nitrogens with zero attached hydrogens (tertiary/aromatic N) is 2. The van der Waals surface area contributed by atoms with Gasteiger partial charge in [-0.1, -0.05) is 18.2 Å². The van der Waals surface area contributed by atoms with Crippen LogP contribution in [0.25, 0.3) is 10.9 Å². The summed E-state index contributed by atoms with van der Waals surface area (Å²) in [6.07, 6.45) is 2.86. The summed E-state index contributed by atoms with van der Waals surface area (Å²) in [6, 6.07) is 7.61. The van der Waals surface area contributed by atoms with Crippen LogP contribution in [0.3, 0.4) is 0 Å². The zero-order valence-electron chi connectivity index (χ0n) is 16.1. The smallest absolute Gasteiger partial charge is 0.421 e. The van der Waals surface area contributed by atoms with E-state index in [0.29, 0.717) is 12.8 Å². The second-order valence-corrected chi connectivity index (χ2v) is 6.69. The Hall–Kier alpha value is -2.67. The Balaban J connectivity index is 1.95. The van der Waals surface area contributed by atoms with Crippen molar-refractivity contribution in [1.82, 2.24) is 9.47 Å². The number of aromatic nitrogens is 1. The van der Waals surface area contributed by atoms with Gasteiger partial charge in [-0.25, -0.2) is 4.79 Å². The predicted octanol–water partition coefficient (Wildman–Crippen LogP) is 2.99. The first-order valence-corrected chi connectivity index (χ1v) is 8.94. The third-order valence-electron chi connectivity index (χ3n) is 4.13.